The molecule has 2 heterocycles. The van der Waals surface area contributed by atoms with E-state index in [4.69, 9.17) is 0 Å². The standard InChI is InChI=1S/C20H18F3N3/c21-20(22,23)19-11-6-10-18(25-19)15-26(13-16-7-2-1-3-8-16)14-17-9-4-5-12-24-17/h1-12H,13-15H2. The largest absolute Gasteiger partial charge is 0.433 e. The summed E-state index contributed by atoms with van der Waals surface area (Å²) in [6.07, 6.45) is -2.74. The summed E-state index contributed by atoms with van der Waals surface area (Å²) in [7, 11) is 0. The maximum Gasteiger partial charge on any atom is 0.433 e. The minimum Gasteiger partial charge on any atom is -0.287 e. The normalized spacial score (nSPS) is 11.7. The van der Waals surface area contributed by atoms with Crippen molar-refractivity contribution in [2.75, 3.05) is 0 Å². The number of nitrogens with zero attached hydrogens (tertiary/aromatic N) is 3. The van der Waals surface area contributed by atoms with E-state index in [1.165, 1.54) is 6.07 Å². The fraction of sp³-hybridized carbons (Fsp3) is 0.200. The zero-order valence-corrected chi connectivity index (χ0v) is 14.0. The van der Waals surface area contributed by atoms with Crippen molar-refractivity contribution in [2.45, 2.75) is 25.8 Å². The van der Waals surface area contributed by atoms with Crippen LogP contribution in [0.1, 0.15) is 22.6 Å². The van der Waals surface area contributed by atoms with Crippen LogP contribution in [0.3, 0.4) is 0 Å². The molecule has 0 radical (unpaired) electrons. The van der Waals surface area contributed by atoms with Gasteiger partial charge in [-0.25, -0.2) is 4.98 Å². The van der Waals surface area contributed by atoms with Gasteiger partial charge in [0.05, 0.1) is 11.4 Å². The van der Waals surface area contributed by atoms with Crippen molar-refractivity contribution >= 4 is 0 Å². The van der Waals surface area contributed by atoms with Crippen LogP contribution in [0.2, 0.25) is 0 Å². The van der Waals surface area contributed by atoms with Crippen LogP contribution in [0.5, 0.6) is 0 Å². The fourth-order valence-electron chi connectivity index (χ4n) is 2.68. The van der Waals surface area contributed by atoms with Gasteiger partial charge >= 0.3 is 6.18 Å². The molecule has 0 aliphatic rings. The highest BCUT2D eigenvalue weighted by molar-refractivity contribution is 5.17. The van der Waals surface area contributed by atoms with Crippen LogP contribution in [0.15, 0.2) is 72.9 Å². The average molecular weight is 357 g/mol. The topological polar surface area (TPSA) is 29.0 Å². The van der Waals surface area contributed by atoms with Crippen molar-refractivity contribution in [3.63, 3.8) is 0 Å². The molecule has 3 rings (SSSR count). The summed E-state index contributed by atoms with van der Waals surface area (Å²) in [5, 5.41) is 0. The maximum absolute atomic E-state index is 12.9. The van der Waals surface area contributed by atoms with Crippen LogP contribution in [0, 0.1) is 0 Å². The van der Waals surface area contributed by atoms with Crippen LogP contribution >= 0.6 is 0 Å². The molecule has 6 heteroatoms. The Bertz CT molecular complexity index is 779. The van der Waals surface area contributed by atoms with Gasteiger partial charge in [0.15, 0.2) is 0 Å². The smallest absolute Gasteiger partial charge is 0.287 e. The Morgan fingerprint density at radius 1 is 0.731 bits per heavy atom. The molecule has 26 heavy (non-hydrogen) atoms. The predicted octanol–water partition coefficient (Wildman–Crippen LogP) is 4.70. The Hall–Kier alpha value is -2.73. The second-order valence-corrected chi connectivity index (χ2v) is 5.96. The number of hydrogen-bond donors (Lipinski definition) is 0. The number of alkyl halides is 3. The van der Waals surface area contributed by atoms with Gasteiger partial charge < -0.3 is 0 Å². The molecular weight excluding hydrogens is 339 g/mol. The molecular formula is C20H18F3N3. The van der Waals surface area contributed by atoms with E-state index >= 15 is 0 Å². The number of pyridine rings is 2. The third-order valence-electron chi connectivity index (χ3n) is 3.84. The van der Waals surface area contributed by atoms with Crippen LogP contribution in [-0.4, -0.2) is 14.9 Å². The van der Waals surface area contributed by atoms with Crippen molar-refractivity contribution < 1.29 is 13.2 Å². The average Bonchev–Trinajstić information content (AvgIpc) is 2.63. The molecule has 3 aromatic rings. The summed E-state index contributed by atoms with van der Waals surface area (Å²) in [5.41, 5.74) is 1.45. The van der Waals surface area contributed by atoms with E-state index < -0.39 is 11.9 Å². The number of hydrogen-bond acceptors (Lipinski definition) is 3. The lowest BCUT2D eigenvalue weighted by molar-refractivity contribution is -0.141. The van der Waals surface area contributed by atoms with E-state index in [0.29, 0.717) is 25.3 Å². The Labute approximate surface area is 150 Å². The van der Waals surface area contributed by atoms with Crippen molar-refractivity contribution in [1.82, 2.24) is 14.9 Å². The summed E-state index contributed by atoms with van der Waals surface area (Å²) >= 11 is 0. The summed E-state index contributed by atoms with van der Waals surface area (Å²) < 4.78 is 38.7. The maximum atomic E-state index is 12.9. The molecule has 2 aromatic heterocycles. The van der Waals surface area contributed by atoms with Crippen LogP contribution in [0.25, 0.3) is 0 Å². The first kappa shape index (κ1) is 18.1. The molecule has 0 saturated heterocycles. The minimum atomic E-state index is -4.44. The van der Waals surface area contributed by atoms with E-state index in [-0.39, 0.29) is 0 Å². The highest BCUT2D eigenvalue weighted by Crippen LogP contribution is 2.27. The summed E-state index contributed by atoms with van der Waals surface area (Å²) in [6.45, 7) is 1.42. The summed E-state index contributed by atoms with van der Waals surface area (Å²) in [4.78, 5) is 10.1. The first-order valence-electron chi connectivity index (χ1n) is 8.20. The van der Waals surface area contributed by atoms with Gasteiger partial charge in [-0.1, -0.05) is 42.5 Å². The molecule has 3 nitrogen and oxygen atoms in total. The quantitative estimate of drug-likeness (QED) is 0.640. The minimum absolute atomic E-state index is 0.301. The van der Waals surface area contributed by atoms with Crippen molar-refractivity contribution in [1.29, 1.82) is 0 Å². The first-order valence-corrected chi connectivity index (χ1v) is 8.20. The molecule has 134 valence electrons. The zero-order valence-electron chi connectivity index (χ0n) is 14.0. The van der Waals surface area contributed by atoms with Gasteiger partial charge in [0.2, 0.25) is 0 Å². The fourth-order valence-corrected chi connectivity index (χ4v) is 2.68. The summed E-state index contributed by atoms with van der Waals surface area (Å²) in [5.74, 6) is 0. The molecule has 0 N–H and O–H groups in total. The lowest BCUT2D eigenvalue weighted by Crippen LogP contribution is -2.24. The van der Waals surface area contributed by atoms with E-state index in [0.717, 1.165) is 17.3 Å². The van der Waals surface area contributed by atoms with E-state index in [2.05, 4.69) is 9.97 Å². The van der Waals surface area contributed by atoms with Gasteiger partial charge in [0.25, 0.3) is 0 Å². The first-order chi connectivity index (χ1) is 12.5. The Morgan fingerprint density at radius 2 is 1.42 bits per heavy atom. The van der Waals surface area contributed by atoms with E-state index in [1.807, 2.05) is 53.4 Å². The van der Waals surface area contributed by atoms with Gasteiger partial charge in [0, 0.05) is 25.8 Å². The van der Waals surface area contributed by atoms with E-state index in [1.54, 1.807) is 12.3 Å². The third-order valence-corrected chi connectivity index (χ3v) is 3.84. The molecule has 0 bridgehead atoms. The van der Waals surface area contributed by atoms with Crippen LogP contribution in [-0.2, 0) is 25.8 Å². The molecule has 1 aromatic carbocycles. The van der Waals surface area contributed by atoms with Crippen molar-refractivity contribution in [3.05, 3.63) is 95.6 Å². The predicted molar refractivity (Wildman–Crippen MR) is 92.9 cm³/mol. The number of benzene rings is 1. The zero-order chi connectivity index (χ0) is 18.4. The monoisotopic (exact) mass is 357 g/mol. The van der Waals surface area contributed by atoms with Crippen molar-refractivity contribution in [2.24, 2.45) is 0 Å². The molecule has 0 aliphatic carbocycles. The second kappa shape index (κ2) is 8.10. The van der Waals surface area contributed by atoms with E-state index in [9.17, 15) is 13.2 Å². The molecule has 0 aliphatic heterocycles. The summed E-state index contributed by atoms with van der Waals surface area (Å²) in [6, 6.07) is 19.4. The van der Waals surface area contributed by atoms with Gasteiger partial charge in [0.1, 0.15) is 5.69 Å². The van der Waals surface area contributed by atoms with Crippen LogP contribution < -0.4 is 0 Å². The highest BCUT2D eigenvalue weighted by atomic mass is 19.4. The van der Waals surface area contributed by atoms with Gasteiger partial charge in [-0.2, -0.15) is 13.2 Å². The molecule has 0 amide bonds. The Kier molecular flexibility index (Phi) is 5.63. The second-order valence-electron chi connectivity index (χ2n) is 5.96. The van der Waals surface area contributed by atoms with Gasteiger partial charge in [-0.15, -0.1) is 0 Å². The molecule has 0 unspecified atom stereocenters. The number of halogens is 3. The van der Waals surface area contributed by atoms with Gasteiger partial charge in [-0.05, 0) is 29.8 Å². The number of rotatable bonds is 6. The Balaban J connectivity index is 1.81. The highest BCUT2D eigenvalue weighted by Gasteiger charge is 2.32. The Morgan fingerprint density at radius 3 is 2.12 bits per heavy atom. The van der Waals surface area contributed by atoms with Crippen molar-refractivity contribution in [3.8, 4) is 0 Å². The molecule has 0 atom stereocenters. The lowest BCUT2D eigenvalue weighted by Gasteiger charge is -2.22. The third kappa shape index (κ3) is 5.13. The van der Waals surface area contributed by atoms with Gasteiger partial charge in [-0.3, -0.25) is 9.88 Å². The number of aromatic nitrogens is 2. The lowest BCUT2D eigenvalue weighted by atomic mass is 10.2. The van der Waals surface area contributed by atoms with Crippen LogP contribution in [0.4, 0.5) is 13.2 Å². The SMILES string of the molecule is FC(F)(F)c1cccc(CN(Cc2ccccc2)Cc2ccccn2)n1. The molecule has 0 fully saturated rings. The molecule has 0 spiro atoms. The molecule has 0 saturated carbocycles.